The summed E-state index contributed by atoms with van der Waals surface area (Å²) in [6, 6.07) is 16.0. The number of methoxy groups -OCH3 is 1. The van der Waals surface area contributed by atoms with Gasteiger partial charge in [-0.25, -0.2) is 9.78 Å². The van der Waals surface area contributed by atoms with Crippen LogP contribution < -0.4 is 10.1 Å². The van der Waals surface area contributed by atoms with Gasteiger partial charge in [-0.1, -0.05) is 48.0 Å². The number of aromatic nitrogens is 1. The minimum atomic E-state index is -0.881. The molecule has 0 saturated heterocycles. The van der Waals surface area contributed by atoms with Gasteiger partial charge in [0.2, 0.25) is 0 Å². The van der Waals surface area contributed by atoms with Gasteiger partial charge in [-0.15, -0.1) is 11.3 Å². The second-order valence-electron chi connectivity index (χ2n) is 7.50. The molecule has 8 nitrogen and oxygen atoms in total. The molecule has 1 amide bonds. The highest BCUT2D eigenvalue weighted by molar-refractivity contribution is 7.09. The Bertz CT molecular complexity index is 1100. The Hall–Kier alpha value is -3.72. The SMILES string of the molecule is COC(=O)C(Cc1ccccc1)NC(=O)COC(=O)Cc1csc(COc2ccc(C)cc2)n1. The molecule has 0 aliphatic rings. The van der Waals surface area contributed by atoms with Crippen molar-refractivity contribution in [3.8, 4) is 5.75 Å². The van der Waals surface area contributed by atoms with Crippen molar-refractivity contribution in [2.24, 2.45) is 0 Å². The van der Waals surface area contributed by atoms with Crippen LogP contribution in [0.2, 0.25) is 0 Å². The lowest BCUT2D eigenvalue weighted by Gasteiger charge is -2.16. The second kappa shape index (κ2) is 12.5. The van der Waals surface area contributed by atoms with E-state index >= 15 is 0 Å². The maximum Gasteiger partial charge on any atom is 0.328 e. The summed E-state index contributed by atoms with van der Waals surface area (Å²) in [7, 11) is 1.25. The third kappa shape index (κ3) is 8.00. The number of aryl methyl sites for hydroxylation is 1. The number of hydrogen-bond acceptors (Lipinski definition) is 8. The largest absolute Gasteiger partial charge is 0.486 e. The van der Waals surface area contributed by atoms with Crippen LogP contribution in [-0.4, -0.2) is 42.6 Å². The van der Waals surface area contributed by atoms with Crippen LogP contribution in [-0.2, 0) is 43.3 Å². The molecule has 1 heterocycles. The number of thiazole rings is 1. The van der Waals surface area contributed by atoms with E-state index in [1.54, 1.807) is 5.38 Å². The highest BCUT2D eigenvalue weighted by Crippen LogP contribution is 2.16. The molecule has 0 bridgehead atoms. The van der Waals surface area contributed by atoms with Gasteiger partial charge in [0.25, 0.3) is 5.91 Å². The zero-order chi connectivity index (χ0) is 24.3. The first kappa shape index (κ1) is 24.9. The van der Waals surface area contributed by atoms with Crippen molar-refractivity contribution in [1.29, 1.82) is 0 Å². The molecule has 0 fully saturated rings. The Morgan fingerprint density at radius 2 is 1.79 bits per heavy atom. The van der Waals surface area contributed by atoms with Gasteiger partial charge < -0.3 is 19.5 Å². The van der Waals surface area contributed by atoms with Crippen molar-refractivity contribution < 1.29 is 28.6 Å². The zero-order valence-corrected chi connectivity index (χ0v) is 19.8. The molecule has 3 rings (SSSR count). The number of carbonyl (C=O) groups is 3. The minimum absolute atomic E-state index is 0.0707. The monoisotopic (exact) mass is 482 g/mol. The molecular formula is C25H26N2O6S. The number of nitrogens with zero attached hydrogens (tertiary/aromatic N) is 1. The van der Waals surface area contributed by atoms with Crippen LogP contribution in [0.25, 0.3) is 0 Å². The van der Waals surface area contributed by atoms with Gasteiger partial charge in [-0.05, 0) is 24.6 Å². The van der Waals surface area contributed by atoms with Crippen LogP contribution in [0.4, 0.5) is 0 Å². The maximum atomic E-state index is 12.2. The van der Waals surface area contributed by atoms with Crippen molar-refractivity contribution in [1.82, 2.24) is 10.3 Å². The summed E-state index contributed by atoms with van der Waals surface area (Å²) < 4.78 is 15.5. The lowest BCUT2D eigenvalue weighted by molar-refractivity contribution is -0.149. The number of rotatable bonds is 11. The summed E-state index contributed by atoms with van der Waals surface area (Å²) in [6.45, 7) is 1.79. The lowest BCUT2D eigenvalue weighted by Crippen LogP contribution is -2.44. The van der Waals surface area contributed by atoms with Crippen molar-refractivity contribution in [2.75, 3.05) is 13.7 Å². The molecule has 1 aromatic heterocycles. The van der Waals surface area contributed by atoms with Crippen molar-refractivity contribution >= 4 is 29.2 Å². The standard InChI is InChI=1S/C25H26N2O6S/c1-17-8-10-20(11-9-17)32-15-23-26-19(16-34-23)13-24(29)33-14-22(28)27-21(25(30)31-2)12-18-6-4-3-5-7-18/h3-11,16,21H,12-15H2,1-2H3,(H,27,28). The average Bonchev–Trinajstić information content (AvgIpc) is 3.29. The minimum Gasteiger partial charge on any atom is -0.486 e. The first-order valence-electron chi connectivity index (χ1n) is 10.6. The van der Waals surface area contributed by atoms with E-state index in [2.05, 4.69) is 10.3 Å². The van der Waals surface area contributed by atoms with Gasteiger partial charge in [0.05, 0.1) is 19.2 Å². The highest BCUT2D eigenvalue weighted by atomic mass is 32.1. The van der Waals surface area contributed by atoms with Gasteiger partial charge in [0, 0.05) is 11.8 Å². The quantitative estimate of drug-likeness (QED) is 0.419. The topological polar surface area (TPSA) is 104 Å². The maximum absolute atomic E-state index is 12.2. The summed E-state index contributed by atoms with van der Waals surface area (Å²) in [5, 5.41) is 5.03. The molecule has 34 heavy (non-hydrogen) atoms. The fourth-order valence-electron chi connectivity index (χ4n) is 3.04. The van der Waals surface area contributed by atoms with Gasteiger partial charge in [-0.3, -0.25) is 9.59 Å². The van der Waals surface area contributed by atoms with E-state index in [9.17, 15) is 14.4 Å². The number of hydrogen-bond donors (Lipinski definition) is 1. The summed E-state index contributed by atoms with van der Waals surface area (Å²) in [4.78, 5) is 40.8. The van der Waals surface area contributed by atoms with Crippen LogP contribution in [0.15, 0.2) is 60.0 Å². The third-order valence-corrected chi connectivity index (χ3v) is 5.65. The van der Waals surface area contributed by atoms with Crippen LogP contribution in [0.1, 0.15) is 21.8 Å². The summed E-state index contributed by atoms with van der Waals surface area (Å²) >= 11 is 1.38. The molecule has 1 atom stereocenters. The third-order valence-electron chi connectivity index (χ3n) is 4.78. The van der Waals surface area contributed by atoms with Gasteiger partial charge in [-0.2, -0.15) is 0 Å². The predicted octanol–water partition coefficient (Wildman–Crippen LogP) is 3.02. The van der Waals surface area contributed by atoms with Crippen LogP contribution in [0.3, 0.4) is 0 Å². The first-order valence-corrected chi connectivity index (χ1v) is 11.5. The normalized spacial score (nSPS) is 11.4. The molecule has 0 aliphatic heterocycles. The van der Waals surface area contributed by atoms with Gasteiger partial charge in [0.15, 0.2) is 6.61 Å². The fourth-order valence-corrected chi connectivity index (χ4v) is 3.75. The van der Waals surface area contributed by atoms with E-state index in [4.69, 9.17) is 14.2 Å². The molecule has 0 spiro atoms. The number of amides is 1. The van der Waals surface area contributed by atoms with E-state index in [1.807, 2.05) is 61.5 Å². The fraction of sp³-hybridized carbons (Fsp3) is 0.280. The molecule has 9 heteroatoms. The van der Waals surface area contributed by atoms with E-state index in [-0.39, 0.29) is 12.8 Å². The summed E-state index contributed by atoms with van der Waals surface area (Å²) in [5.74, 6) is -1.02. The molecule has 0 radical (unpaired) electrons. The molecule has 0 aliphatic carbocycles. The molecule has 2 aromatic carbocycles. The van der Waals surface area contributed by atoms with E-state index in [0.717, 1.165) is 21.9 Å². The van der Waals surface area contributed by atoms with Gasteiger partial charge in [0.1, 0.15) is 23.4 Å². The molecule has 178 valence electrons. The second-order valence-corrected chi connectivity index (χ2v) is 8.45. The first-order chi connectivity index (χ1) is 16.4. The van der Waals surface area contributed by atoms with Crippen molar-refractivity contribution in [3.63, 3.8) is 0 Å². The molecule has 1 unspecified atom stereocenters. The summed E-state index contributed by atoms with van der Waals surface area (Å²) in [6.07, 6.45) is 0.193. The van der Waals surface area contributed by atoms with Gasteiger partial charge >= 0.3 is 11.9 Å². The summed E-state index contributed by atoms with van der Waals surface area (Å²) in [5.41, 5.74) is 2.54. The molecule has 3 aromatic rings. The number of nitrogens with one attached hydrogen (secondary N) is 1. The molecule has 1 N–H and O–H groups in total. The Morgan fingerprint density at radius 1 is 1.06 bits per heavy atom. The van der Waals surface area contributed by atoms with Crippen molar-refractivity contribution in [2.45, 2.75) is 32.4 Å². The molecular weight excluding hydrogens is 456 g/mol. The lowest BCUT2D eigenvalue weighted by atomic mass is 10.1. The average molecular weight is 483 g/mol. The van der Waals surface area contributed by atoms with E-state index in [0.29, 0.717) is 12.3 Å². The molecule has 0 saturated carbocycles. The van der Waals surface area contributed by atoms with Crippen LogP contribution in [0.5, 0.6) is 5.75 Å². The Kier molecular flexibility index (Phi) is 9.16. The zero-order valence-electron chi connectivity index (χ0n) is 19.0. The van der Waals surface area contributed by atoms with E-state index in [1.165, 1.54) is 18.4 Å². The number of ether oxygens (including phenoxy) is 3. The van der Waals surface area contributed by atoms with E-state index < -0.39 is 30.5 Å². The highest BCUT2D eigenvalue weighted by Gasteiger charge is 2.22. The number of esters is 2. The predicted molar refractivity (Wildman–Crippen MR) is 126 cm³/mol. The Morgan fingerprint density at radius 3 is 2.50 bits per heavy atom. The Balaban J connectivity index is 1.43. The number of carbonyl (C=O) groups excluding carboxylic acids is 3. The number of benzene rings is 2. The van der Waals surface area contributed by atoms with Crippen LogP contribution >= 0.6 is 11.3 Å². The smallest absolute Gasteiger partial charge is 0.328 e. The van der Waals surface area contributed by atoms with Crippen molar-refractivity contribution in [3.05, 3.63) is 81.8 Å². The van der Waals surface area contributed by atoms with Crippen LogP contribution in [0, 0.1) is 6.92 Å². The Labute approximate surface area is 201 Å².